The number of benzene rings is 3. The number of carbonyl (C=O) groups excluding carboxylic acids is 1. The average molecular weight is 578 g/mol. The van der Waals surface area contributed by atoms with Gasteiger partial charge < -0.3 is 19.1 Å². The second kappa shape index (κ2) is 14.8. The molecule has 0 saturated heterocycles. The molecule has 3 aromatic rings. The van der Waals surface area contributed by atoms with E-state index in [1.165, 1.54) is 0 Å². The largest absolute Gasteiger partial charge is 0.497 e. The molecule has 0 unspecified atom stereocenters. The van der Waals surface area contributed by atoms with Crippen molar-refractivity contribution in [1.82, 2.24) is 5.32 Å². The molecule has 3 aromatic carbocycles. The number of fused-ring (bicyclic) bond motifs is 3. The molecule has 0 fully saturated rings. The highest BCUT2D eigenvalue weighted by Gasteiger charge is 2.48. The van der Waals surface area contributed by atoms with Crippen molar-refractivity contribution in [2.24, 2.45) is 0 Å². The molecule has 0 aromatic heterocycles. The van der Waals surface area contributed by atoms with Crippen molar-refractivity contribution in [1.29, 1.82) is 0 Å². The highest BCUT2D eigenvalue weighted by Crippen LogP contribution is 2.53. The number of unbranched alkanes of at least 4 members (excludes halogenated alkanes) is 3. The summed E-state index contributed by atoms with van der Waals surface area (Å²) in [5, 5.41) is 3.24. The van der Waals surface area contributed by atoms with Gasteiger partial charge in [-0.15, -0.1) is 0 Å². The summed E-state index contributed by atoms with van der Waals surface area (Å²) >= 11 is 0. The second-order valence-electron chi connectivity index (χ2n) is 10.7. The summed E-state index contributed by atoms with van der Waals surface area (Å²) in [5.41, 5.74) is 4.35. The van der Waals surface area contributed by atoms with Gasteiger partial charge in [0.15, 0.2) is 0 Å². The average Bonchev–Trinajstić information content (AvgIpc) is 3.29. The maximum atomic E-state index is 14.3. The smallest absolute Gasteiger partial charge is 0.330 e. The first-order valence-corrected chi connectivity index (χ1v) is 16.7. The monoisotopic (exact) mass is 577 g/mol. The van der Waals surface area contributed by atoms with Crippen molar-refractivity contribution in [2.45, 2.75) is 70.8 Å². The molecule has 1 aliphatic rings. The van der Waals surface area contributed by atoms with Gasteiger partial charge in [0.2, 0.25) is 5.91 Å². The number of ether oxygens (including phenoxy) is 1. The third kappa shape index (κ3) is 7.30. The van der Waals surface area contributed by atoms with Crippen LogP contribution in [0, 0.1) is 0 Å². The highest BCUT2D eigenvalue weighted by atomic mass is 31.2. The van der Waals surface area contributed by atoms with E-state index >= 15 is 0 Å². The molecular weight excluding hydrogens is 533 g/mol. The zero-order valence-electron chi connectivity index (χ0n) is 24.7. The maximum Gasteiger partial charge on any atom is 0.330 e. The summed E-state index contributed by atoms with van der Waals surface area (Å²) in [6.07, 6.45) is 5.94. The van der Waals surface area contributed by atoms with E-state index in [0.717, 1.165) is 59.3 Å². The fourth-order valence-electron chi connectivity index (χ4n) is 5.63. The van der Waals surface area contributed by atoms with Gasteiger partial charge in [-0.25, -0.2) is 0 Å². The molecule has 4 rings (SSSR count). The Labute approximate surface area is 245 Å². The van der Waals surface area contributed by atoms with Crippen LogP contribution in [0.2, 0.25) is 0 Å². The molecule has 0 saturated carbocycles. The Morgan fingerprint density at radius 1 is 0.805 bits per heavy atom. The molecule has 0 spiro atoms. The molecule has 1 amide bonds. The van der Waals surface area contributed by atoms with Crippen LogP contribution in [0.4, 0.5) is 0 Å². The molecule has 41 heavy (non-hydrogen) atoms. The Morgan fingerprint density at radius 3 is 2.00 bits per heavy atom. The predicted octanol–water partition coefficient (Wildman–Crippen LogP) is 8.27. The van der Waals surface area contributed by atoms with Crippen LogP contribution < -0.4 is 10.1 Å². The van der Waals surface area contributed by atoms with E-state index in [0.29, 0.717) is 45.2 Å². The summed E-state index contributed by atoms with van der Waals surface area (Å²) < 4.78 is 30.6. The number of methoxy groups -OCH3 is 1. The van der Waals surface area contributed by atoms with Crippen molar-refractivity contribution >= 4 is 13.5 Å². The lowest BCUT2D eigenvalue weighted by atomic mass is 9.73. The van der Waals surface area contributed by atoms with E-state index < -0.39 is 13.0 Å². The number of rotatable bonds is 17. The van der Waals surface area contributed by atoms with Gasteiger partial charge in [-0.3, -0.25) is 9.36 Å². The molecule has 1 N–H and O–H groups in total. The lowest BCUT2D eigenvalue weighted by Gasteiger charge is -2.31. The van der Waals surface area contributed by atoms with Crippen molar-refractivity contribution in [3.63, 3.8) is 0 Å². The van der Waals surface area contributed by atoms with Crippen molar-refractivity contribution in [3.8, 4) is 16.9 Å². The SMILES string of the molecule is CCCCOP(=O)(CCCCC1(C(=O)NCc2cccc(OC)c2)c2ccccc2-c2ccccc21)OCCCC. The Hall–Kier alpha value is -2.92. The van der Waals surface area contributed by atoms with E-state index in [-0.39, 0.29) is 5.91 Å². The summed E-state index contributed by atoms with van der Waals surface area (Å²) in [5.74, 6) is 0.731. The number of amides is 1. The standard InChI is InChI=1S/C34H44NO5P/c1-4-6-22-39-41(37,40-23-7-5-2)24-13-12-21-34(33(36)35-26-27-15-14-16-28(25-27)38-3)31-19-10-8-17-29(31)30-18-9-11-20-32(30)34/h8-11,14-20,25H,4-7,12-13,21-24,26H2,1-3H3,(H,35,36). The topological polar surface area (TPSA) is 73.9 Å². The van der Waals surface area contributed by atoms with Gasteiger partial charge in [-0.2, -0.15) is 0 Å². The summed E-state index contributed by atoms with van der Waals surface area (Å²) in [6, 6.07) is 24.2. The Balaban J connectivity index is 1.56. The molecular formula is C34H44NO5P. The molecule has 0 bridgehead atoms. The molecule has 6 nitrogen and oxygen atoms in total. The second-order valence-corrected chi connectivity index (χ2v) is 12.9. The van der Waals surface area contributed by atoms with E-state index in [1.54, 1.807) is 7.11 Å². The van der Waals surface area contributed by atoms with Crippen LogP contribution in [0.3, 0.4) is 0 Å². The third-order valence-electron chi connectivity index (χ3n) is 7.84. The molecule has 1 aliphatic carbocycles. The van der Waals surface area contributed by atoms with E-state index in [9.17, 15) is 9.36 Å². The van der Waals surface area contributed by atoms with Crippen LogP contribution in [0.15, 0.2) is 72.8 Å². The molecule has 0 atom stereocenters. The van der Waals surface area contributed by atoms with Gasteiger partial charge in [0.25, 0.3) is 0 Å². The number of hydrogen-bond donors (Lipinski definition) is 1. The van der Waals surface area contributed by atoms with Crippen LogP contribution in [-0.2, 0) is 30.4 Å². The number of carbonyl (C=O) groups is 1. The zero-order chi connectivity index (χ0) is 29.1. The first-order valence-electron chi connectivity index (χ1n) is 15.0. The Kier molecular flexibility index (Phi) is 11.2. The third-order valence-corrected chi connectivity index (χ3v) is 9.86. The molecule has 7 heteroatoms. The van der Waals surface area contributed by atoms with Crippen LogP contribution in [0.1, 0.15) is 75.5 Å². The minimum Gasteiger partial charge on any atom is -0.497 e. The summed E-state index contributed by atoms with van der Waals surface area (Å²) in [7, 11) is -1.55. The van der Waals surface area contributed by atoms with E-state index in [1.807, 2.05) is 48.5 Å². The Bertz CT molecular complexity index is 1280. The molecule has 0 radical (unpaired) electrons. The van der Waals surface area contributed by atoms with Gasteiger partial charge in [-0.1, -0.05) is 93.8 Å². The van der Waals surface area contributed by atoms with Crippen molar-refractivity contribution in [3.05, 3.63) is 89.5 Å². The molecule has 0 aliphatic heterocycles. The van der Waals surface area contributed by atoms with E-state index in [4.69, 9.17) is 13.8 Å². The van der Waals surface area contributed by atoms with Gasteiger partial charge in [0.1, 0.15) is 11.2 Å². The molecule has 0 heterocycles. The molecule has 220 valence electrons. The van der Waals surface area contributed by atoms with Gasteiger partial charge in [0, 0.05) is 6.54 Å². The van der Waals surface area contributed by atoms with E-state index in [2.05, 4.69) is 43.4 Å². The van der Waals surface area contributed by atoms with Crippen molar-refractivity contribution < 1.29 is 23.1 Å². The maximum absolute atomic E-state index is 14.3. The minimum absolute atomic E-state index is 0.0284. The predicted molar refractivity (Wildman–Crippen MR) is 166 cm³/mol. The fourth-order valence-corrected chi connectivity index (χ4v) is 7.38. The van der Waals surface area contributed by atoms with Crippen molar-refractivity contribution in [2.75, 3.05) is 26.5 Å². The number of hydrogen-bond acceptors (Lipinski definition) is 5. The van der Waals surface area contributed by atoms with Gasteiger partial charge in [-0.05, 0) is 65.6 Å². The van der Waals surface area contributed by atoms with Gasteiger partial charge in [0.05, 0.1) is 26.5 Å². The lowest BCUT2D eigenvalue weighted by molar-refractivity contribution is -0.125. The zero-order valence-corrected chi connectivity index (χ0v) is 25.6. The van der Waals surface area contributed by atoms with Crippen LogP contribution >= 0.6 is 7.60 Å². The first kappa shape index (κ1) is 31.0. The van der Waals surface area contributed by atoms with Gasteiger partial charge >= 0.3 is 7.60 Å². The van der Waals surface area contributed by atoms with Crippen LogP contribution in [0.25, 0.3) is 11.1 Å². The lowest BCUT2D eigenvalue weighted by Crippen LogP contribution is -2.44. The normalized spacial score (nSPS) is 13.4. The van der Waals surface area contributed by atoms with Crippen LogP contribution in [-0.4, -0.2) is 32.4 Å². The fraction of sp³-hybridized carbons (Fsp3) is 0.441. The Morgan fingerprint density at radius 2 is 1.41 bits per heavy atom. The first-order chi connectivity index (χ1) is 20.0. The number of nitrogens with one attached hydrogen (secondary N) is 1. The minimum atomic E-state index is -3.19. The quantitative estimate of drug-likeness (QED) is 0.129. The summed E-state index contributed by atoms with van der Waals surface area (Å²) in [6.45, 7) is 5.45. The highest BCUT2D eigenvalue weighted by molar-refractivity contribution is 7.53. The summed E-state index contributed by atoms with van der Waals surface area (Å²) in [4.78, 5) is 14.3. The van der Waals surface area contributed by atoms with Crippen LogP contribution in [0.5, 0.6) is 5.75 Å².